The molecule has 0 saturated heterocycles. The Balaban J connectivity index is 2.62. The second kappa shape index (κ2) is 3.29. The van der Waals surface area contributed by atoms with Gasteiger partial charge in [0.25, 0.3) is 5.56 Å². The fourth-order valence-corrected chi connectivity index (χ4v) is 2.08. The summed E-state index contributed by atoms with van der Waals surface area (Å²) in [4.78, 5) is 12.2. The third-order valence-electron chi connectivity index (χ3n) is 3.20. The number of aromatic nitrogens is 1. The van der Waals surface area contributed by atoms with Crippen molar-refractivity contribution >= 4 is 21.9 Å². The number of aryl methyl sites for hydroxylation is 1. The number of furan rings is 1. The van der Waals surface area contributed by atoms with E-state index in [2.05, 4.69) is 0 Å². The first kappa shape index (κ1) is 10.7. The summed E-state index contributed by atoms with van der Waals surface area (Å²) in [5.41, 5.74) is 1.42. The molecule has 2 aromatic heterocycles. The van der Waals surface area contributed by atoms with Gasteiger partial charge in [0.05, 0.1) is 5.39 Å². The number of pyridine rings is 1. The summed E-state index contributed by atoms with van der Waals surface area (Å²) in [5.74, 6) is -0.539. The molecule has 0 atom stereocenters. The quantitative estimate of drug-likeness (QED) is 0.594. The Labute approximate surface area is 101 Å². The molecule has 0 amide bonds. The van der Waals surface area contributed by atoms with Crippen molar-refractivity contribution in [2.75, 3.05) is 0 Å². The van der Waals surface area contributed by atoms with Crippen molar-refractivity contribution in [1.82, 2.24) is 4.57 Å². The first-order valence-corrected chi connectivity index (χ1v) is 5.44. The van der Waals surface area contributed by atoms with Gasteiger partial charge in [-0.3, -0.25) is 4.79 Å². The smallest absolute Gasteiger partial charge is 0.262 e. The number of benzene rings is 1. The van der Waals surface area contributed by atoms with Crippen LogP contribution in [0.4, 0.5) is 0 Å². The van der Waals surface area contributed by atoms with Crippen molar-refractivity contribution < 1.29 is 14.6 Å². The van der Waals surface area contributed by atoms with Crippen LogP contribution in [0.1, 0.15) is 5.69 Å². The van der Waals surface area contributed by atoms with E-state index in [0.717, 1.165) is 5.69 Å². The number of hydrogen-bond acceptors (Lipinski definition) is 4. The Morgan fingerprint density at radius 1 is 1.11 bits per heavy atom. The first-order valence-electron chi connectivity index (χ1n) is 5.44. The normalized spacial score (nSPS) is 11.4. The van der Waals surface area contributed by atoms with E-state index in [1.165, 1.54) is 16.7 Å². The van der Waals surface area contributed by atoms with Gasteiger partial charge < -0.3 is 19.2 Å². The zero-order valence-electron chi connectivity index (χ0n) is 9.89. The lowest BCUT2D eigenvalue weighted by Gasteiger charge is -2.01. The van der Waals surface area contributed by atoms with Crippen molar-refractivity contribution in [3.8, 4) is 11.5 Å². The maximum absolute atomic E-state index is 12.2. The highest BCUT2D eigenvalue weighted by molar-refractivity contribution is 6.05. The van der Waals surface area contributed by atoms with Crippen LogP contribution in [0, 0.1) is 6.92 Å². The summed E-state index contributed by atoms with van der Waals surface area (Å²) >= 11 is 0. The van der Waals surface area contributed by atoms with Crippen molar-refractivity contribution in [2.24, 2.45) is 7.05 Å². The highest BCUT2D eigenvalue weighted by Crippen LogP contribution is 2.35. The van der Waals surface area contributed by atoms with Crippen LogP contribution in [0.25, 0.3) is 21.9 Å². The molecule has 0 aliphatic rings. The highest BCUT2D eigenvalue weighted by atomic mass is 16.3. The lowest BCUT2D eigenvalue weighted by atomic mass is 10.1. The Morgan fingerprint density at radius 3 is 2.50 bits per heavy atom. The number of fused-ring (bicyclic) bond motifs is 3. The fraction of sp³-hybridized carbons (Fsp3) is 0.154. The van der Waals surface area contributed by atoms with Crippen LogP contribution in [-0.4, -0.2) is 14.8 Å². The Bertz CT molecular complexity index is 842. The number of phenols is 2. The molecule has 3 rings (SSSR count). The highest BCUT2D eigenvalue weighted by Gasteiger charge is 2.15. The molecule has 92 valence electrons. The fourth-order valence-electron chi connectivity index (χ4n) is 2.08. The average Bonchev–Trinajstić information content (AvgIpc) is 2.64. The van der Waals surface area contributed by atoms with E-state index in [1.54, 1.807) is 13.1 Å². The standard InChI is InChI=1S/C13H11NO4/c1-6-3-11-12(13(17)14(6)2)7-4-8(15)9(16)5-10(7)18-11/h3-5,15-16H,1-2H3. The SMILES string of the molecule is Cc1cc2oc3cc(O)c(O)cc3c2c(=O)n1C. The first-order chi connectivity index (χ1) is 8.49. The summed E-state index contributed by atoms with van der Waals surface area (Å²) in [5, 5.41) is 19.8. The zero-order chi connectivity index (χ0) is 13.0. The Hall–Kier alpha value is -2.43. The second-order valence-corrected chi connectivity index (χ2v) is 4.33. The second-order valence-electron chi connectivity index (χ2n) is 4.33. The predicted molar refractivity (Wildman–Crippen MR) is 67.0 cm³/mol. The number of rotatable bonds is 0. The number of hydrogen-bond donors (Lipinski definition) is 2. The van der Waals surface area contributed by atoms with Gasteiger partial charge in [0.2, 0.25) is 0 Å². The van der Waals surface area contributed by atoms with Crippen molar-refractivity contribution in [1.29, 1.82) is 0 Å². The van der Waals surface area contributed by atoms with Gasteiger partial charge in [-0.2, -0.15) is 0 Å². The number of nitrogens with zero attached hydrogens (tertiary/aromatic N) is 1. The van der Waals surface area contributed by atoms with Crippen LogP contribution in [0.3, 0.4) is 0 Å². The topological polar surface area (TPSA) is 75.6 Å². The minimum absolute atomic E-state index is 0.186. The van der Waals surface area contributed by atoms with E-state index >= 15 is 0 Å². The molecule has 0 aliphatic carbocycles. The minimum Gasteiger partial charge on any atom is -0.504 e. The van der Waals surface area contributed by atoms with E-state index < -0.39 is 0 Å². The molecule has 1 aromatic carbocycles. The van der Waals surface area contributed by atoms with Gasteiger partial charge in [-0.25, -0.2) is 0 Å². The number of phenolic OH excluding ortho intramolecular Hbond substituents is 2. The van der Waals surface area contributed by atoms with E-state index in [0.29, 0.717) is 21.9 Å². The van der Waals surface area contributed by atoms with Gasteiger partial charge in [-0.15, -0.1) is 0 Å². The monoisotopic (exact) mass is 245 g/mol. The lowest BCUT2D eigenvalue weighted by Crippen LogP contribution is -2.18. The third kappa shape index (κ3) is 1.24. The molecule has 0 radical (unpaired) electrons. The van der Waals surface area contributed by atoms with E-state index in [1.807, 2.05) is 6.92 Å². The molecule has 18 heavy (non-hydrogen) atoms. The van der Waals surface area contributed by atoms with Crippen molar-refractivity contribution in [3.05, 3.63) is 34.2 Å². The van der Waals surface area contributed by atoms with Gasteiger partial charge in [-0.05, 0) is 13.0 Å². The Morgan fingerprint density at radius 2 is 1.78 bits per heavy atom. The maximum atomic E-state index is 12.2. The third-order valence-corrected chi connectivity index (χ3v) is 3.20. The number of aromatic hydroxyl groups is 2. The summed E-state index contributed by atoms with van der Waals surface area (Å²) in [6, 6.07) is 4.40. The molecule has 0 spiro atoms. The zero-order valence-corrected chi connectivity index (χ0v) is 9.89. The van der Waals surface area contributed by atoms with Gasteiger partial charge in [0.15, 0.2) is 11.5 Å². The average molecular weight is 245 g/mol. The lowest BCUT2D eigenvalue weighted by molar-refractivity contribution is 0.404. The molecule has 0 fully saturated rings. The molecule has 0 unspecified atom stereocenters. The van der Waals surface area contributed by atoms with E-state index in [-0.39, 0.29) is 17.1 Å². The van der Waals surface area contributed by atoms with Crippen LogP contribution >= 0.6 is 0 Å². The van der Waals surface area contributed by atoms with Crippen LogP contribution in [0.15, 0.2) is 27.4 Å². The van der Waals surface area contributed by atoms with Crippen molar-refractivity contribution in [3.63, 3.8) is 0 Å². The predicted octanol–water partition coefficient (Wildman–Crippen LogP) is 2.00. The van der Waals surface area contributed by atoms with E-state index in [4.69, 9.17) is 4.42 Å². The summed E-state index contributed by atoms with van der Waals surface area (Å²) in [7, 11) is 1.68. The molecule has 5 nitrogen and oxygen atoms in total. The summed E-state index contributed by atoms with van der Waals surface area (Å²) in [6.45, 7) is 1.81. The van der Waals surface area contributed by atoms with Crippen LogP contribution in [0.5, 0.6) is 11.5 Å². The largest absolute Gasteiger partial charge is 0.504 e. The molecule has 2 N–H and O–H groups in total. The van der Waals surface area contributed by atoms with Crippen LogP contribution < -0.4 is 5.56 Å². The van der Waals surface area contributed by atoms with Crippen LogP contribution in [-0.2, 0) is 7.05 Å². The Kier molecular flexibility index (Phi) is 1.96. The minimum atomic E-state index is -0.271. The van der Waals surface area contributed by atoms with Gasteiger partial charge in [0, 0.05) is 30.3 Å². The molecule has 0 aliphatic heterocycles. The molecule has 2 heterocycles. The van der Waals surface area contributed by atoms with Gasteiger partial charge in [-0.1, -0.05) is 0 Å². The molecule has 3 aromatic rings. The summed E-state index contributed by atoms with van der Waals surface area (Å²) < 4.78 is 7.04. The van der Waals surface area contributed by atoms with Crippen molar-refractivity contribution in [2.45, 2.75) is 6.92 Å². The van der Waals surface area contributed by atoms with Gasteiger partial charge >= 0.3 is 0 Å². The molecular weight excluding hydrogens is 234 g/mol. The summed E-state index contributed by atoms with van der Waals surface area (Å²) in [6.07, 6.45) is 0. The molecular formula is C13H11NO4. The van der Waals surface area contributed by atoms with Crippen LogP contribution in [0.2, 0.25) is 0 Å². The van der Waals surface area contributed by atoms with E-state index in [9.17, 15) is 15.0 Å². The maximum Gasteiger partial charge on any atom is 0.262 e. The molecule has 0 bridgehead atoms. The molecule has 5 heteroatoms. The molecule has 0 saturated carbocycles. The van der Waals surface area contributed by atoms with Gasteiger partial charge in [0.1, 0.15) is 11.2 Å².